The van der Waals surface area contributed by atoms with E-state index in [2.05, 4.69) is 10.3 Å². The number of rotatable bonds is 4. The van der Waals surface area contributed by atoms with Gasteiger partial charge in [0.05, 0.1) is 12.6 Å². The van der Waals surface area contributed by atoms with Crippen molar-refractivity contribution in [1.29, 1.82) is 0 Å². The van der Waals surface area contributed by atoms with Gasteiger partial charge in [-0.2, -0.15) is 0 Å². The Balaban J connectivity index is 2.01. The van der Waals surface area contributed by atoms with E-state index in [4.69, 9.17) is 9.47 Å². The van der Waals surface area contributed by atoms with Gasteiger partial charge in [0.15, 0.2) is 0 Å². The Hall–Kier alpha value is -2.75. The van der Waals surface area contributed by atoms with Gasteiger partial charge in [0, 0.05) is 24.2 Å². The third-order valence-corrected chi connectivity index (χ3v) is 3.23. The Morgan fingerprint density at radius 3 is 2.48 bits per heavy atom. The second kappa shape index (κ2) is 5.71. The van der Waals surface area contributed by atoms with Crippen LogP contribution in [0.15, 0.2) is 54.6 Å². The first kappa shape index (κ1) is 13.2. The molecule has 21 heavy (non-hydrogen) atoms. The van der Waals surface area contributed by atoms with E-state index in [1.165, 1.54) is 0 Å². The molecule has 0 unspecified atom stereocenters. The number of nitrogens with zero attached hydrogens (tertiary/aromatic N) is 1. The Bertz CT molecular complexity index is 754. The van der Waals surface area contributed by atoms with Gasteiger partial charge in [0.25, 0.3) is 0 Å². The zero-order valence-electron chi connectivity index (χ0n) is 12.0. The highest BCUT2D eigenvalue weighted by Gasteiger charge is 2.08. The van der Waals surface area contributed by atoms with Crippen LogP contribution in [0.3, 0.4) is 0 Å². The molecule has 1 heterocycles. The van der Waals surface area contributed by atoms with Crippen LogP contribution in [-0.4, -0.2) is 19.1 Å². The number of pyridine rings is 1. The maximum absolute atomic E-state index is 5.99. The summed E-state index contributed by atoms with van der Waals surface area (Å²) in [6.07, 6.45) is 0. The average molecular weight is 280 g/mol. The average Bonchev–Trinajstić information content (AvgIpc) is 2.55. The molecule has 0 aliphatic heterocycles. The second-order valence-electron chi connectivity index (χ2n) is 4.56. The van der Waals surface area contributed by atoms with Crippen molar-refractivity contribution < 1.29 is 9.47 Å². The molecule has 1 aromatic heterocycles. The highest BCUT2D eigenvalue weighted by Crippen LogP contribution is 2.32. The number of nitrogens with one attached hydrogen (secondary N) is 1. The van der Waals surface area contributed by atoms with Crippen molar-refractivity contribution in [3.05, 3.63) is 54.6 Å². The number of anilines is 1. The van der Waals surface area contributed by atoms with Gasteiger partial charge in [-0.25, -0.2) is 4.98 Å². The molecule has 4 nitrogen and oxygen atoms in total. The Morgan fingerprint density at radius 2 is 1.76 bits per heavy atom. The van der Waals surface area contributed by atoms with Crippen LogP contribution in [0.4, 0.5) is 5.69 Å². The van der Waals surface area contributed by atoms with Crippen LogP contribution in [-0.2, 0) is 0 Å². The van der Waals surface area contributed by atoms with Crippen molar-refractivity contribution in [2.45, 2.75) is 0 Å². The smallest absolute Gasteiger partial charge is 0.217 e. The molecule has 106 valence electrons. The fraction of sp³-hybridized carbons (Fsp3) is 0.118. The standard InChI is InChI=1S/C17H16N2O2/c1-18-12-7-9-13(10-8-12)21-16-11-17(20-2)19-15-6-4-3-5-14(15)16/h3-11,18H,1-2H3. The van der Waals surface area contributed by atoms with E-state index in [0.29, 0.717) is 5.88 Å². The molecule has 1 N–H and O–H groups in total. The topological polar surface area (TPSA) is 43.4 Å². The predicted octanol–water partition coefficient (Wildman–Crippen LogP) is 4.08. The summed E-state index contributed by atoms with van der Waals surface area (Å²) in [5.74, 6) is 2.04. The minimum Gasteiger partial charge on any atom is -0.481 e. The first-order valence-corrected chi connectivity index (χ1v) is 6.69. The van der Waals surface area contributed by atoms with E-state index in [9.17, 15) is 0 Å². The minimum atomic E-state index is 0.538. The SMILES string of the molecule is CNc1ccc(Oc2cc(OC)nc3ccccc23)cc1. The van der Waals surface area contributed by atoms with Gasteiger partial charge < -0.3 is 14.8 Å². The van der Waals surface area contributed by atoms with E-state index in [1.807, 2.05) is 55.6 Å². The second-order valence-corrected chi connectivity index (χ2v) is 4.56. The maximum atomic E-state index is 5.99. The summed E-state index contributed by atoms with van der Waals surface area (Å²) < 4.78 is 11.2. The normalized spacial score (nSPS) is 10.4. The number of hydrogen-bond donors (Lipinski definition) is 1. The first-order valence-electron chi connectivity index (χ1n) is 6.69. The number of aromatic nitrogens is 1. The largest absolute Gasteiger partial charge is 0.481 e. The van der Waals surface area contributed by atoms with Crippen LogP contribution < -0.4 is 14.8 Å². The molecule has 0 saturated heterocycles. The lowest BCUT2D eigenvalue weighted by molar-refractivity contribution is 0.395. The van der Waals surface area contributed by atoms with Crippen LogP contribution >= 0.6 is 0 Å². The van der Waals surface area contributed by atoms with Crippen LogP contribution in [0, 0.1) is 0 Å². The molecule has 3 aromatic rings. The van der Waals surface area contributed by atoms with E-state index in [0.717, 1.165) is 28.1 Å². The number of para-hydroxylation sites is 1. The number of fused-ring (bicyclic) bond motifs is 1. The number of ether oxygens (including phenoxy) is 2. The summed E-state index contributed by atoms with van der Waals surface area (Å²) in [5, 5.41) is 4.03. The Kier molecular flexibility index (Phi) is 3.60. The molecular weight excluding hydrogens is 264 g/mol. The third-order valence-electron chi connectivity index (χ3n) is 3.23. The van der Waals surface area contributed by atoms with Gasteiger partial charge in [-0.3, -0.25) is 0 Å². The third kappa shape index (κ3) is 2.74. The van der Waals surface area contributed by atoms with Gasteiger partial charge in [0.1, 0.15) is 11.5 Å². The van der Waals surface area contributed by atoms with E-state index in [-0.39, 0.29) is 0 Å². The van der Waals surface area contributed by atoms with Gasteiger partial charge >= 0.3 is 0 Å². The summed E-state index contributed by atoms with van der Waals surface area (Å²) in [5.41, 5.74) is 1.89. The monoisotopic (exact) mass is 280 g/mol. The summed E-state index contributed by atoms with van der Waals surface area (Å²) in [6, 6.07) is 17.4. The number of methoxy groups -OCH3 is 1. The molecule has 0 fully saturated rings. The zero-order chi connectivity index (χ0) is 14.7. The summed E-state index contributed by atoms with van der Waals surface area (Å²) >= 11 is 0. The van der Waals surface area contributed by atoms with Gasteiger partial charge in [-0.05, 0) is 36.4 Å². The van der Waals surface area contributed by atoms with Gasteiger partial charge in [-0.15, -0.1) is 0 Å². The predicted molar refractivity (Wildman–Crippen MR) is 84.4 cm³/mol. The molecule has 0 radical (unpaired) electrons. The highest BCUT2D eigenvalue weighted by molar-refractivity contribution is 5.86. The summed E-state index contributed by atoms with van der Waals surface area (Å²) in [4.78, 5) is 4.41. The van der Waals surface area contributed by atoms with Crippen molar-refractivity contribution in [2.24, 2.45) is 0 Å². The van der Waals surface area contributed by atoms with E-state index < -0.39 is 0 Å². The lowest BCUT2D eigenvalue weighted by Crippen LogP contribution is -1.93. The number of hydrogen-bond acceptors (Lipinski definition) is 4. The molecule has 4 heteroatoms. The maximum Gasteiger partial charge on any atom is 0.217 e. The van der Waals surface area contributed by atoms with Gasteiger partial charge in [0.2, 0.25) is 5.88 Å². The summed E-state index contributed by atoms with van der Waals surface area (Å²) in [7, 11) is 3.49. The fourth-order valence-corrected chi connectivity index (χ4v) is 2.13. The molecule has 0 amide bonds. The van der Waals surface area contributed by atoms with E-state index in [1.54, 1.807) is 13.2 Å². The highest BCUT2D eigenvalue weighted by atomic mass is 16.5. The van der Waals surface area contributed by atoms with Crippen LogP contribution in [0.2, 0.25) is 0 Å². The first-order chi connectivity index (χ1) is 10.3. The van der Waals surface area contributed by atoms with Crippen LogP contribution in [0.1, 0.15) is 0 Å². The van der Waals surface area contributed by atoms with Crippen molar-refractivity contribution in [3.8, 4) is 17.4 Å². The molecule has 2 aromatic carbocycles. The van der Waals surface area contributed by atoms with Crippen molar-refractivity contribution in [2.75, 3.05) is 19.5 Å². The fourth-order valence-electron chi connectivity index (χ4n) is 2.13. The quantitative estimate of drug-likeness (QED) is 0.782. The molecule has 0 spiro atoms. The molecule has 0 bridgehead atoms. The Morgan fingerprint density at radius 1 is 1.00 bits per heavy atom. The van der Waals surface area contributed by atoms with Crippen molar-refractivity contribution >= 4 is 16.6 Å². The lowest BCUT2D eigenvalue weighted by Gasteiger charge is -2.11. The molecule has 0 saturated carbocycles. The lowest BCUT2D eigenvalue weighted by atomic mass is 10.2. The van der Waals surface area contributed by atoms with Gasteiger partial charge in [-0.1, -0.05) is 12.1 Å². The van der Waals surface area contributed by atoms with E-state index >= 15 is 0 Å². The molecular formula is C17H16N2O2. The van der Waals surface area contributed by atoms with Crippen LogP contribution in [0.5, 0.6) is 17.4 Å². The number of benzene rings is 2. The molecule has 0 aliphatic rings. The molecule has 3 rings (SSSR count). The zero-order valence-corrected chi connectivity index (χ0v) is 12.0. The molecule has 0 atom stereocenters. The van der Waals surface area contributed by atoms with Crippen LogP contribution in [0.25, 0.3) is 10.9 Å². The Labute approximate surface area is 123 Å². The summed E-state index contributed by atoms with van der Waals surface area (Å²) in [6.45, 7) is 0. The van der Waals surface area contributed by atoms with Crippen molar-refractivity contribution in [3.63, 3.8) is 0 Å². The molecule has 0 aliphatic carbocycles. The van der Waals surface area contributed by atoms with Crippen molar-refractivity contribution in [1.82, 2.24) is 4.98 Å². The minimum absolute atomic E-state index is 0.538.